The molecule has 0 saturated carbocycles. The van der Waals surface area contributed by atoms with Crippen LogP contribution in [0.5, 0.6) is 0 Å². The summed E-state index contributed by atoms with van der Waals surface area (Å²) in [5.41, 5.74) is 7.62. The fourth-order valence-corrected chi connectivity index (χ4v) is 0.857. The molecule has 0 aliphatic heterocycles. The molecule has 0 aromatic heterocycles. The van der Waals surface area contributed by atoms with Gasteiger partial charge in [-0.15, -0.1) is 0 Å². The fourth-order valence-electron chi connectivity index (χ4n) is 0.857. The van der Waals surface area contributed by atoms with Gasteiger partial charge in [-0.25, -0.2) is 0 Å². The molecule has 1 N–H and O–H groups in total. The van der Waals surface area contributed by atoms with E-state index >= 15 is 0 Å². The van der Waals surface area contributed by atoms with Gasteiger partial charge in [0.2, 0.25) is 0 Å². The molecule has 0 saturated heterocycles. The number of esters is 1. The number of aliphatic hydroxyl groups excluding tert-OH is 1. The van der Waals surface area contributed by atoms with Crippen molar-refractivity contribution >= 4 is 5.97 Å². The van der Waals surface area contributed by atoms with Crippen LogP contribution in [0.3, 0.4) is 0 Å². The molecule has 0 aromatic carbocycles. The van der Waals surface area contributed by atoms with Crippen LogP contribution in [0.2, 0.25) is 0 Å². The molecule has 0 aromatic rings. The molecule has 6 heteroatoms. The molecule has 16 heavy (non-hydrogen) atoms. The van der Waals surface area contributed by atoms with Crippen molar-refractivity contribution in [3.8, 4) is 0 Å². The van der Waals surface area contributed by atoms with Crippen LogP contribution in [0.4, 0.5) is 0 Å². The Labute approximate surface area is 94.5 Å². The highest BCUT2D eigenvalue weighted by molar-refractivity contribution is 5.75. The molecule has 0 unspecified atom stereocenters. The van der Waals surface area contributed by atoms with E-state index in [2.05, 4.69) is 16.6 Å². The number of nitrogens with zero attached hydrogens (tertiary/aromatic N) is 3. The highest BCUT2D eigenvalue weighted by Gasteiger charge is 2.28. The zero-order chi connectivity index (χ0) is 12.8. The predicted molar refractivity (Wildman–Crippen MR) is 59.6 cm³/mol. The van der Waals surface area contributed by atoms with Crippen molar-refractivity contribution in [2.75, 3.05) is 6.61 Å². The van der Waals surface area contributed by atoms with Gasteiger partial charge in [0.15, 0.2) is 0 Å². The predicted octanol–water partition coefficient (Wildman–Crippen LogP) is 1.80. The number of carbonyl (C=O) groups is 1. The molecule has 90 valence electrons. The normalized spacial score (nSPS) is 14.5. The smallest absolute Gasteiger partial charge is 0.311 e. The summed E-state index contributed by atoms with van der Waals surface area (Å²) < 4.78 is 5.09. The van der Waals surface area contributed by atoms with E-state index in [1.54, 1.807) is 20.8 Å². The van der Waals surface area contributed by atoms with E-state index in [9.17, 15) is 4.79 Å². The Balaban J connectivity index is 4.69. The lowest BCUT2D eigenvalue weighted by Gasteiger charge is -2.23. The number of rotatable bonds is 5. The number of aliphatic hydroxyl groups is 1. The molecule has 0 aliphatic rings. The maximum absolute atomic E-state index is 11.6. The van der Waals surface area contributed by atoms with Crippen LogP contribution in [0, 0.1) is 5.41 Å². The first-order chi connectivity index (χ1) is 7.36. The highest BCUT2D eigenvalue weighted by Crippen LogP contribution is 2.18. The van der Waals surface area contributed by atoms with E-state index in [1.807, 2.05) is 0 Å². The molecule has 0 spiro atoms. The second-order valence-electron chi connectivity index (χ2n) is 4.31. The Morgan fingerprint density at radius 3 is 2.56 bits per heavy atom. The third-order valence-electron chi connectivity index (χ3n) is 1.85. The second kappa shape index (κ2) is 6.15. The summed E-state index contributed by atoms with van der Waals surface area (Å²) in [6.45, 7) is 8.19. The van der Waals surface area contributed by atoms with E-state index in [0.717, 1.165) is 0 Å². The third kappa shape index (κ3) is 4.33. The van der Waals surface area contributed by atoms with Crippen molar-refractivity contribution in [2.24, 2.45) is 10.5 Å². The Morgan fingerprint density at radius 2 is 2.25 bits per heavy atom. The third-order valence-corrected chi connectivity index (χ3v) is 1.85. The summed E-state index contributed by atoms with van der Waals surface area (Å²) in [5.74, 6) is -0.441. The zero-order valence-electron chi connectivity index (χ0n) is 9.75. The van der Waals surface area contributed by atoms with Gasteiger partial charge in [-0.3, -0.25) is 4.79 Å². The van der Waals surface area contributed by atoms with Crippen LogP contribution >= 0.6 is 0 Å². The summed E-state index contributed by atoms with van der Waals surface area (Å²) in [6, 6.07) is -0.839. The highest BCUT2D eigenvalue weighted by atomic mass is 16.5. The summed E-state index contributed by atoms with van der Waals surface area (Å²) in [6.07, 6.45) is 0.520. The van der Waals surface area contributed by atoms with Crippen molar-refractivity contribution < 1.29 is 14.6 Å². The Bertz CT molecular complexity index is 303. The average molecular weight is 227 g/mol. The number of hydrogen-bond donors (Lipinski definition) is 1. The Kier molecular flexibility index (Phi) is 5.56. The first kappa shape index (κ1) is 14.5. The van der Waals surface area contributed by atoms with Gasteiger partial charge in [-0.1, -0.05) is 17.8 Å². The van der Waals surface area contributed by atoms with Crippen LogP contribution in [-0.4, -0.2) is 29.8 Å². The topological polar surface area (TPSA) is 95.3 Å². The van der Waals surface area contributed by atoms with Crippen molar-refractivity contribution in [1.82, 2.24) is 0 Å². The molecule has 2 atom stereocenters. The minimum absolute atomic E-state index is 0.405. The minimum atomic E-state index is -0.839. The molecule has 6 nitrogen and oxygen atoms in total. The minimum Gasteiger partial charge on any atom is -0.457 e. The van der Waals surface area contributed by atoms with Crippen LogP contribution in [0.25, 0.3) is 10.4 Å². The van der Waals surface area contributed by atoms with E-state index in [0.29, 0.717) is 0 Å². The molecule has 0 heterocycles. The van der Waals surface area contributed by atoms with E-state index in [4.69, 9.17) is 15.4 Å². The number of azide groups is 1. The molecular weight excluding hydrogens is 210 g/mol. The van der Waals surface area contributed by atoms with Gasteiger partial charge >= 0.3 is 5.97 Å². The second-order valence-corrected chi connectivity index (χ2v) is 4.31. The molecular formula is C10H17N3O3. The summed E-state index contributed by atoms with van der Waals surface area (Å²) in [7, 11) is 0. The average Bonchev–Trinajstić information content (AvgIpc) is 2.21. The first-order valence-corrected chi connectivity index (χ1v) is 4.85. The molecule has 0 rings (SSSR count). The lowest BCUT2D eigenvalue weighted by molar-refractivity contribution is -0.157. The Hall–Kier alpha value is -1.52. The Morgan fingerprint density at radius 1 is 1.69 bits per heavy atom. The van der Waals surface area contributed by atoms with Crippen molar-refractivity contribution in [1.29, 1.82) is 0 Å². The van der Waals surface area contributed by atoms with Crippen molar-refractivity contribution in [3.63, 3.8) is 0 Å². The molecule has 0 radical (unpaired) electrons. The first-order valence-electron chi connectivity index (χ1n) is 4.85. The summed E-state index contributed by atoms with van der Waals surface area (Å²) >= 11 is 0. The van der Waals surface area contributed by atoms with E-state index in [-0.39, 0.29) is 0 Å². The molecule has 0 fully saturated rings. The molecule has 0 bridgehead atoms. The number of carbonyl (C=O) groups excluding carboxylic acids is 1. The lowest BCUT2D eigenvalue weighted by Crippen LogP contribution is -2.35. The summed E-state index contributed by atoms with van der Waals surface area (Å²) in [4.78, 5) is 14.1. The van der Waals surface area contributed by atoms with Crippen LogP contribution in [-0.2, 0) is 9.53 Å². The standard InChI is InChI=1S/C10H17N3O3/c1-5-8(7(6-14)12-13-11)16-9(15)10(2,3)4/h5,7-8,14H,1,6H2,2-4H3/t7-,8+/m0/s1. The largest absolute Gasteiger partial charge is 0.457 e. The van der Waals surface area contributed by atoms with Crippen molar-refractivity contribution in [2.45, 2.75) is 32.9 Å². The van der Waals surface area contributed by atoms with E-state index in [1.165, 1.54) is 6.08 Å². The molecule has 0 amide bonds. The molecule has 0 aliphatic carbocycles. The number of ether oxygens (including phenoxy) is 1. The van der Waals surface area contributed by atoms with Crippen LogP contribution in [0.15, 0.2) is 17.8 Å². The van der Waals surface area contributed by atoms with E-state index < -0.39 is 30.1 Å². The fraction of sp³-hybridized carbons (Fsp3) is 0.700. The SMILES string of the molecule is C=C[C@@H](OC(=O)C(C)(C)C)[C@H](CO)N=[N+]=[N-]. The van der Waals surface area contributed by atoms with Crippen LogP contribution < -0.4 is 0 Å². The van der Waals surface area contributed by atoms with Gasteiger partial charge in [0.1, 0.15) is 12.1 Å². The summed E-state index contributed by atoms with van der Waals surface area (Å²) in [5, 5.41) is 12.3. The van der Waals surface area contributed by atoms with Crippen LogP contribution in [0.1, 0.15) is 20.8 Å². The lowest BCUT2D eigenvalue weighted by atomic mass is 9.97. The van der Waals surface area contributed by atoms with Gasteiger partial charge in [0.25, 0.3) is 0 Å². The quantitative estimate of drug-likeness (QED) is 0.255. The van der Waals surface area contributed by atoms with Gasteiger partial charge in [0.05, 0.1) is 12.0 Å². The van der Waals surface area contributed by atoms with Gasteiger partial charge in [0, 0.05) is 4.91 Å². The monoisotopic (exact) mass is 227 g/mol. The number of hydrogen-bond acceptors (Lipinski definition) is 4. The maximum Gasteiger partial charge on any atom is 0.311 e. The zero-order valence-corrected chi connectivity index (χ0v) is 9.75. The maximum atomic E-state index is 11.6. The van der Waals surface area contributed by atoms with Gasteiger partial charge in [-0.2, -0.15) is 0 Å². The van der Waals surface area contributed by atoms with Crippen molar-refractivity contribution in [3.05, 3.63) is 23.1 Å². The van der Waals surface area contributed by atoms with Gasteiger partial charge < -0.3 is 9.84 Å². The van der Waals surface area contributed by atoms with Gasteiger partial charge in [-0.05, 0) is 26.3 Å².